The zero-order valence-electron chi connectivity index (χ0n) is 16.7. The van der Waals surface area contributed by atoms with Gasteiger partial charge in [-0.1, -0.05) is 23.7 Å². The second kappa shape index (κ2) is 8.49. The van der Waals surface area contributed by atoms with Crippen LogP contribution in [-0.4, -0.2) is 60.9 Å². The minimum absolute atomic E-state index is 0.0468. The molecule has 0 unspecified atom stereocenters. The lowest BCUT2D eigenvalue weighted by Gasteiger charge is -2.36. The second-order valence-electron chi connectivity index (χ2n) is 7.72. The highest BCUT2D eigenvalue weighted by molar-refractivity contribution is 6.30. The van der Waals surface area contributed by atoms with Crippen LogP contribution >= 0.6 is 11.6 Å². The van der Waals surface area contributed by atoms with Crippen molar-refractivity contribution in [3.8, 4) is 0 Å². The molecule has 2 heterocycles. The normalized spacial score (nSPS) is 18.6. The van der Waals surface area contributed by atoms with E-state index in [1.165, 1.54) is 11.8 Å². The number of piperazine rings is 1. The van der Waals surface area contributed by atoms with Crippen LogP contribution in [0, 0.1) is 0 Å². The molecule has 1 aromatic heterocycles. The maximum atomic E-state index is 12.5. The Bertz CT molecular complexity index is 869. The molecule has 7 heteroatoms. The molecular weight excluding hydrogens is 388 g/mol. The summed E-state index contributed by atoms with van der Waals surface area (Å²) in [7, 11) is 0. The summed E-state index contributed by atoms with van der Waals surface area (Å²) < 4.78 is 5.24. The van der Waals surface area contributed by atoms with Crippen molar-refractivity contribution in [3.05, 3.63) is 59.0 Å². The fraction of sp³-hybridized carbons (Fsp3) is 0.455. The van der Waals surface area contributed by atoms with Crippen LogP contribution in [-0.2, 0) is 5.41 Å². The molecule has 0 atom stereocenters. The summed E-state index contributed by atoms with van der Waals surface area (Å²) >= 11 is 6.19. The lowest BCUT2D eigenvalue weighted by molar-refractivity contribution is 0.0657. The smallest absolute Gasteiger partial charge is 0.289 e. The van der Waals surface area contributed by atoms with Gasteiger partial charge in [-0.2, -0.15) is 0 Å². The van der Waals surface area contributed by atoms with Gasteiger partial charge in [0.25, 0.3) is 5.91 Å². The minimum atomic E-state index is -0.0468. The first-order chi connectivity index (χ1) is 14.1. The number of nitrogens with zero attached hydrogens (tertiary/aromatic N) is 3. The quantitative estimate of drug-likeness (QED) is 0.601. The SMILES string of the molecule is CCNC(=NCC1(c2cccc(Cl)c2)CC1)N1CCN(C(=O)c2ccco2)CC1. The van der Waals surface area contributed by atoms with Crippen LogP contribution in [0.25, 0.3) is 0 Å². The maximum absolute atomic E-state index is 12.5. The van der Waals surface area contributed by atoms with E-state index in [1.807, 2.05) is 17.0 Å². The molecule has 4 rings (SSSR count). The highest BCUT2D eigenvalue weighted by atomic mass is 35.5. The third-order valence-electron chi connectivity index (χ3n) is 5.76. The molecule has 0 radical (unpaired) electrons. The summed E-state index contributed by atoms with van der Waals surface area (Å²) in [5, 5.41) is 4.19. The van der Waals surface area contributed by atoms with Crippen LogP contribution in [0.3, 0.4) is 0 Å². The van der Waals surface area contributed by atoms with E-state index < -0.39 is 0 Å². The summed E-state index contributed by atoms with van der Waals surface area (Å²) in [6.07, 6.45) is 3.82. The first-order valence-electron chi connectivity index (χ1n) is 10.2. The van der Waals surface area contributed by atoms with E-state index in [4.69, 9.17) is 21.0 Å². The van der Waals surface area contributed by atoms with E-state index in [9.17, 15) is 4.79 Å². The van der Waals surface area contributed by atoms with Gasteiger partial charge < -0.3 is 19.5 Å². The second-order valence-corrected chi connectivity index (χ2v) is 8.15. The first-order valence-corrected chi connectivity index (χ1v) is 10.6. The number of aliphatic imine (C=N–C) groups is 1. The molecule has 154 valence electrons. The van der Waals surface area contributed by atoms with Crippen LogP contribution in [0.2, 0.25) is 5.02 Å². The van der Waals surface area contributed by atoms with Crippen molar-refractivity contribution >= 4 is 23.5 Å². The van der Waals surface area contributed by atoms with Gasteiger partial charge in [-0.3, -0.25) is 9.79 Å². The van der Waals surface area contributed by atoms with Crippen molar-refractivity contribution in [3.63, 3.8) is 0 Å². The van der Waals surface area contributed by atoms with Crippen LogP contribution in [0.4, 0.5) is 0 Å². The van der Waals surface area contributed by atoms with E-state index >= 15 is 0 Å². The molecule has 29 heavy (non-hydrogen) atoms. The highest BCUT2D eigenvalue weighted by Crippen LogP contribution is 2.48. The van der Waals surface area contributed by atoms with Gasteiger partial charge in [-0.05, 0) is 49.6 Å². The summed E-state index contributed by atoms with van der Waals surface area (Å²) in [5.41, 5.74) is 1.39. The minimum Gasteiger partial charge on any atom is -0.459 e. The number of rotatable bonds is 5. The van der Waals surface area contributed by atoms with Gasteiger partial charge in [-0.15, -0.1) is 0 Å². The third-order valence-corrected chi connectivity index (χ3v) is 5.99. The number of benzene rings is 1. The number of hydrogen-bond donors (Lipinski definition) is 1. The zero-order chi connectivity index (χ0) is 20.3. The Morgan fingerprint density at radius 3 is 2.55 bits per heavy atom. The van der Waals surface area contributed by atoms with Crippen LogP contribution in [0.15, 0.2) is 52.1 Å². The molecule has 1 saturated carbocycles. The van der Waals surface area contributed by atoms with E-state index in [0.29, 0.717) is 18.8 Å². The van der Waals surface area contributed by atoms with Gasteiger partial charge in [0.1, 0.15) is 0 Å². The Labute approximate surface area is 176 Å². The van der Waals surface area contributed by atoms with Gasteiger partial charge in [0.05, 0.1) is 12.8 Å². The molecule has 2 fully saturated rings. The van der Waals surface area contributed by atoms with Gasteiger partial charge in [0.2, 0.25) is 0 Å². The van der Waals surface area contributed by atoms with E-state index in [0.717, 1.165) is 50.0 Å². The topological polar surface area (TPSA) is 61.1 Å². The summed E-state index contributed by atoms with van der Waals surface area (Å²) in [6.45, 7) is 6.46. The predicted octanol–water partition coefficient (Wildman–Crippen LogP) is 3.39. The molecule has 2 aromatic rings. The maximum Gasteiger partial charge on any atom is 0.289 e. The Morgan fingerprint density at radius 1 is 1.17 bits per heavy atom. The monoisotopic (exact) mass is 414 g/mol. The first kappa shape index (κ1) is 19.8. The number of guanidine groups is 1. The average molecular weight is 415 g/mol. The van der Waals surface area contributed by atoms with Crippen molar-refractivity contribution in [1.82, 2.24) is 15.1 Å². The summed E-state index contributed by atoms with van der Waals surface area (Å²) in [5.74, 6) is 1.27. The van der Waals surface area contributed by atoms with Crippen molar-refractivity contribution in [2.24, 2.45) is 4.99 Å². The molecule has 1 saturated heterocycles. The summed E-state index contributed by atoms with van der Waals surface area (Å²) in [4.78, 5) is 21.5. The van der Waals surface area contributed by atoms with Crippen LogP contribution < -0.4 is 5.32 Å². The number of amides is 1. The Hall–Kier alpha value is -2.47. The predicted molar refractivity (Wildman–Crippen MR) is 115 cm³/mol. The van der Waals surface area contributed by atoms with Crippen molar-refractivity contribution in [1.29, 1.82) is 0 Å². The Balaban J connectivity index is 1.40. The van der Waals surface area contributed by atoms with Gasteiger partial charge in [0, 0.05) is 43.2 Å². The molecule has 1 aromatic carbocycles. The van der Waals surface area contributed by atoms with Crippen LogP contribution in [0.1, 0.15) is 35.9 Å². The molecule has 1 aliphatic carbocycles. The van der Waals surface area contributed by atoms with Gasteiger partial charge in [-0.25, -0.2) is 0 Å². The fourth-order valence-corrected chi connectivity index (χ4v) is 4.03. The Kier molecular flexibility index (Phi) is 5.81. The number of carbonyl (C=O) groups is 1. The van der Waals surface area contributed by atoms with E-state index in [1.54, 1.807) is 12.1 Å². The number of furan rings is 1. The number of hydrogen-bond acceptors (Lipinski definition) is 3. The lowest BCUT2D eigenvalue weighted by Crippen LogP contribution is -2.53. The zero-order valence-corrected chi connectivity index (χ0v) is 17.5. The molecule has 1 N–H and O–H groups in total. The van der Waals surface area contributed by atoms with Crippen LogP contribution in [0.5, 0.6) is 0 Å². The third kappa shape index (κ3) is 4.42. The lowest BCUT2D eigenvalue weighted by atomic mass is 9.96. The molecule has 2 aliphatic rings. The standard InChI is InChI=1S/C22H27ClN4O2/c1-2-24-21(25-16-22(8-9-22)17-5-3-6-18(23)15-17)27-12-10-26(11-13-27)20(28)19-7-4-14-29-19/h3-7,14-15H,2,8-13,16H2,1H3,(H,24,25). The number of carbonyl (C=O) groups excluding carboxylic acids is 1. The summed E-state index contributed by atoms with van der Waals surface area (Å²) in [6, 6.07) is 11.6. The molecular formula is C22H27ClN4O2. The number of halogens is 1. The highest BCUT2D eigenvalue weighted by Gasteiger charge is 2.44. The fourth-order valence-electron chi connectivity index (χ4n) is 3.84. The van der Waals surface area contributed by atoms with E-state index in [2.05, 4.69) is 29.3 Å². The molecule has 1 amide bonds. The van der Waals surface area contributed by atoms with Crippen molar-refractivity contribution < 1.29 is 9.21 Å². The molecule has 0 spiro atoms. The van der Waals surface area contributed by atoms with E-state index in [-0.39, 0.29) is 11.3 Å². The molecule has 1 aliphatic heterocycles. The average Bonchev–Trinajstić information content (AvgIpc) is 3.34. The van der Waals surface area contributed by atoms with Gasteiger partial charge in [0.15, 0.2) is 11.7 Å². The van der Waals surface area contributed by atoms with Crippen molar-refractivity contribution in [2.45, 2.75) is 25.2 Å². The molecule has 6 nitrogen and oxygen atoms in total. The largest absolute Gasteiger partial charge is 0.459 e. The molecule has 0 bridgehead atoms. The van der Waals surface area contributed by atoms with Crippen molar-refractivity contribution in [2.75, 3.05) is 39.3 Å². The number of nitrogens with one attached hydrogen (secondary N) is 1. The van der Waals surface area contributed by atoms with Gasteiger partial charge >= 0.3 is 0 Å². The Morgan fingerprint density at radius 2 is 1.93 bits per heavy atom.